The van der Waals surface area contributed by atoms with Crippen molar-refractivity contribution in [3.05, 3.63) is 108 Å². The minimum Gasteiger partial charge on any atom is -0.478 e. The van der Waals surface area contributed by atoms with E-state index < -0.39 is 5.60 Å². The van der Waals surface area contributed by atoms with Gasteiger partial charge in [-0.1, -0.05) is 98.0 Å². The summed E-state index contributed by atoms with van der Waals surface area (Å²) >= 11 is 0. The quantitative estimate of drug-likeness (QED) is 0.159. The number of allylic oxidation sites excluding steroid dienone is 10. The van der Waals surface area contributed by atoms with Gasteiger partial charge in [0.15, 0.2) is 5.60 Å². The molecule has 2 aliphatic heterocycles. The highest BCUT2D eigenvalue weighted by atomic mass is 16.5. The van der Waals surface area contributed by atoms with Crippen LogP contribution in [0.15, 0.2) is 103 Å². The molecule has 2 atom stereocenters. The Morgan fingerprint density at radius 2 is 1.56 bits per heavy atom. The smallest absolute Gasteiger partial charge is 0.222 e. The average molecular weight is 557 g/mol. The number of nitrogens with one attached hydrogen (secondary N) is 1. The number of hydrogen-bond acceptors (Lipinski definition) is 4. The normalized spacial score (nSPS) is 21.4. The van der Waals surface area contributed by atoms with Crippen molar-refractivity contribution in [3.8, 4) is 0 Å². The van der Waals surface area contributed by atoms with Crippen molar-refractivity contribution in [2.45, 2.75) is 83.3 Å². The largest absolute Gasteiger partial charge is 0.478 e. The lowest BCUT2D eigenvalue weighted by atomic mass is 9.92. The summed E-state index contributed by atoms with van der Waals surface area (Å²) in [6, 6.07) is 9.82. The van der Waals surface area contributed by atoms with Crippen molar-refractivity contribution in [1.29, 1.82) is 0 Å². The minimum absolute atomic E-state index is 0.0313. The van der Waals surface area contributed by atoms with E-state index in [9.17, 15) is 9.59 Å². The number of carbonyl (C=O) groups is 2. The molecule has 0 aliphatic carbocycles. The van der Waals surface area contributed by atoms with Gasteiger partial charge >= 0.3 is 0 Å². The predicted octanol–water partition coefficient (Wildman–Crippen LogP) is 7.50. The van der Waals surface area contributed by atoms with Gasteiger partial charge in [0.2, 0.25) is 11.7 Å². The fourth-order valence-electron chi connectivity index (χ4n) is 4.97. The Morgan fingerprint density at radius 1 is 0.951 bits per heavy atom. The SMILES string of the molecule is CCC=CCC=CCC=CCC=CCC=CCCCC(=O)N1CCC(NCC2=CC(=O)C(C)(c3ccccc3)O2)C1. The molecule has 1 aromatic rings. The molecule has 1 amide bonds. The van der Waals surface area contributed by atoms with E-state index >= 15 is 0 Å². The van der Waals surface area contributed by atoms with E-state index in [4.69, 9.17) is 4.74 Å². The molecule has 2 aliphatic rings. The van der Waals surface area contributed by atoms with E-state index in [1.54, 1.807) is 6.08 Å². The summed E-state index contributed by atoms with van der Waals surface area (Å²) in [5, 5.41) is 3.48. The van der Waals surface area contributed by atoms with Crippen LogP contribution in [0.4, 0.5) is 0 Å². The Hall–Kier alpha value is -3.44. The van der Waals surface area contributed by atoms with Crippen LogP contribution < -0.4 is 5.32 Å². The molecule has 0 spiro atoms. The summed E-state index contributed by atoms with van der Waals surface area (Å²) in [5.74, 6) is 0.851. The zero-order chi connectivity index (χ0) is 29.2. The highest BCUT2D eigenvalue weighted by Crippen LogP contribution is 2.34. The Kier molecular flexibility index (Phi) is 14.2. The van der Waals surface area contributed by atoms with Crippen molar-refractivity contribution < 1.29 is 14.3 Å². The summed E-state index contributed by atoms with van der Waals surface area (Å²) < 4.78 is 6.08. The van der Waals surface area contributed by atoms with E-state index in [0.717, 1.165) is 63.5 Å². The van der Waals surface area contributed by atoms with Gasteiger partial charge in [-0.3, -0.25) is 9.59 Å². The minimum atomic E-state index is -0.957. The molecular weight excluding hydrogens is 508 g/mol. The summed E-state index contributed by atoms with van der Waals surface area (Å²) in [6.45, 7) is 5.95. The van der Waals surface area contributed by atoms with Crippen molar-refractivity contribution in [2.75, 3.05) is 19.6 Å². The lowest BCUT2D eigenvalue weighted by molar-refractivity contribution is -0.130. The highest BCUT2D eigenvalue weighted by molar-refractivity contribution is 5.99. The number of amides is 1. The third-order valence-electron chi connectivity index (χ3n) is 7.45. The number of benzene rings is 1. The summed E-state index contributed by atoms with van der Waals surface area (Å²) in [6.07, 6.45) is 31.9. The van der Waals surface area contributed by atoms with Crippen molar-refractivity contribution >= 4 is 11.7 Å². The van der Waals surface area contributed by atoms with Gasteiger partial charge in [0.05, 0.1) is 6.54 Å². The number of hydrogen-bond donors (Lipinski definition) is 1. The highest BCUT2D eigenvalue weighted by Gasteiger charge is 2.41. The molecule has 2 heterocycles. The zero-order valence-corrected chi connectivity index (χ0v) is 25.0. The summed E-state index contributed by atoms with van der Waals surface area (Å²) in [7, 11) is 0. The third kappa shape index (κ3) is 11.2. The molecule has 41 heavy (non-hydrogen) atoms. The van der Waals surface area contributed by atoms with Gasteiger partial charge in [0.25, 0.3) is 0 Å². The molecule has 0 aromatic heterocycles. The molecule has 1 saturated heterocycles. The molecule has 1 N–H and O–H groups in total. The molecule has 3 rings (SSSR count). The van der Waals surface area contributed by atoms with Crippen LogP contribution in [0.3, 0.4) is 0 Å². The molecule has 5 nitrogen and oxygen atoms in total. The zero-order valence-electron chi connectivity index (χ0n) is 25.0. The summed E-state index contributed by atoms with van der Waals surface area (Å²) in [5.41, 5.74) is -0.0975. The predicted molar refractivity (Wildman–Crippen MR) is 169 cm³/mol. The van der Waals surface area contributed by atoms with E-state index in [1.807, 2.05) is 42.2 Å². The lowest BCUT2D eigenvalue weighted by Crippen LogP contribution is -2.36. The van der Waals surface area contributed by atoms with Crippen LogP contribution in [-0.2, 0) is 19.9 Å². The number of ether oxygens (including phenoxy) is 1. The first-order chi connectivity index (χ1) is 20.0. The van der Waals surface area contributed by atoms with Gasteiger partial charge in [0.1, 0.15) is 5.76 Å². The first-order valence-corrected chi connectivity index (χ1v) is 15.3. The third-order valence-corrected chi connectivity index (χ3v) is 7.45. The number of likely N-dealkylation sites (tertiary alicyclic amines) is 1. The number of rotatable bonds is 17. The molecular formula is C36H48N2O3. The maximum absolute atomic E-state index is 12.7. The Labute approximate surface area is 247 Å². The van der Waals surface area contributed by atoms with Gasteiger partial charge in [0, 0.05) is 37.2 Å². The second-order valence-electron chi connectivity index (χ2n) is 10.8. The van der Waals surface area contributed by atoms with Gasteiger partial charge in [-0.2, -0.15) is 0 Å². The number of carbonyl (C=O) groups excluding carboxylic acids is 2. The monoisotopic (exact) mass is 556 g/mol. The van der Waals surface area contributed by atoms with Crippen LogP contribution in [0.2, 0.25) is 0 Å². The molecule has 2 unspecified atom stereocenters. The van der Waals surface area contributed by atoms with Crippen LogP contribution in [0.5, 0.6) is 0 Å². The number of unbranched alkanes of at least 4 members (excludes halogenated alkanes) is 1. The van der Waals surface area contributed by atoms with Gasteiger partial charge in [-0.15, -0.1) is 0 Å². The molecule has 0 saturated carbocycles. The molecule has 0 radical (unpaired) electrons. The maximum atomic E-state index is 12.7. The lowest BCUT2D eigenvalue weighted by Gasteiger charge is -2.25. The standard InChI is InChI=1S/C36H48N2O3/c1-3-4-5-6-7-8-9-10-11-12-13-14-15-16-17-18-22-25-35(40)38-27-26-32(30-38)37-29-33-28-34(39)36(2,41-33)31-23-20-19-21-24-31/h4-5,7-8,10-11,13-14,16-17,19-21,23-24,28,32,37H,3,6,9,12,15,18,22,25-27,29-30H2,1-2H3. The summed E-state index contributed by atoms with van der Waals surface area (Å²) in [4.78, 5) is 27.3. The van der Waals surface area contributed by atoms with Crippen LogP contribution in [0.1, 0.15) is 77.2 Å². The van der Waals surface area contributed by atoms with E-state index in [1.165, 1.54) is 0 Å². The number of nitrogens with zero attached hydrogens (tertiary/aromatic N) is 1. The molecule has 220 valence electrons. The second-order valence-corrected chi connectivity index (χ2v) is 10.8. The van der Waals surface area contributed by atoms with Crippen LogP contribution in [0, 0.1) is 0 Å². The molecule has 5 heteroatoms. The molecule has 1 aromatic carbocycles. The van der Waals surface area contributed by atoms with Crippen LogP contribution in [0.25, 0.3) is 0 Å². The first kappa shape index (κ1) is 32.1. The van der Waals surface area contributed by atoms with Crippen molar-refractivity contribution in [2.24, 2.45) is 0 Å². The van der Waals surface area contributed by atoms with Gasteiger partial charge < -0.3 is 15.0 Å². The average Bonchev–Trinajstić information content (AvgIpc) is 3.58. The number of ketones is 1. The Bertz CT molecular complexity index is 1130. The maximum Gasteiger partial charge on any atom is 0.222 e. The fraction of sp³-hybridized carbons (Fsp3) is 0.444. The van der Waals surface area contributed by atoms with Gasteiger partial charge in [-0.25, -0.2) is 0 Å². The van der Waals surface area contributed by atoms with E-state index in [-0.39, 0.29) is 17.7 Å². The molecule has 0 bridgehead atoms. The van der Waals surface area contributed by atoms with Crippen molar-refractivity contribution in [3.63, 3.8) is 0 Å². The van der Waals surface area contributed by atoms with Gasteiger partial charge in [-0.05, 0) is 58.3 Å². The van der Waals surface area contributed by atoms with Crippen LogP contribution in [-0.4, -0.2) is 42.3 Å². The Balaban J connectivity index is 1.22. The van der Waals surface area contributed by atoms with Crippen molar-refractivity contribution in [1.82, 2.24) is 10.2 Å². The fourth-order valence-corrected chi connectivity index (χ4v) is 4.97. The first-order valence-electron chi connectivity index (χ1n) is 15.3. The topological polar surface area (TPSA) is 58.6 Å². The van der Waals surface area contributed by atoms with E-state index in [2.05, 4.69) is 73.0 Å². The second kappa shape index (κ2) is 18.1. The Morgan fingerprint density at radius 3 is 2.20 bits per heavy atom. The van der Waals surface area contributed by atoms with E-state index in [0.29, 0.717) is 25.3 Å². The van der Waals surface area contributed by atoms with Crippen LogP contribution >= 0.6 is 0 Å². The molecule has 1 fully saturated rings.